The van der Waals surface area contributed by atoms with Gasteiger partial charge in [-0.3, -0.25) is 4.79 Å². The van der Waals surface area contributed by atoms with Crippen LogP contribution in [-0.4, -0.2) is 5.91 Å². The fourth-order valence-electron chi connectivity index (χ4n) is 2.04. The largest absolute Gasteiger partial charge is 0.345 e. The van der Waals surface area contributed by atoms with Gasteiger partial charge in [0.1, 0.15) is 11.6 Å². The molecule has 0 aromatic heterocycles. The van der Waals surface area contributed by atoms with Crippen LogP contribution in [0.3, 0.4) is 0 Å². The van der Waals surface area contributed by atoms with E-state index in [-0.39, 0.29) is 11.6 Å². The minimum Gasteiger partial charge on any atom is -0.345 e. The third kappa shape index (κ3) is 4.35. The molecule has 2 rings (SSSR count). The third-order valence-electron chi connectivity index (χ3n) is 3.30. The Morgan fingerprint density at radius 1 is 1.13 bits per heavy atom. The Morgan fingerprint density at radius 2 is 1.74 bits per heavy atom. The number of carbonyl (C=O) groups is 1. The van der Waals surface area contributed by atoms with E-state index in [9.17, 15) is 10.1 Å². The summed E-state index contributed by atoms with van der Waals surface area (Å²) >= 11 is 12.1. The molecular formula is C18H14Cl2N2O. The van der Waals surface area contributed by atoms with Gasteiger partial charge >= 0.3 is 0 Å². The molecule has 2 aromatic rings. The van der Waals surface area contributed by atoms with Crippen molar-refractivity contribution in [3.63, 3.8) is 0 Å². The van der Waals surface area contributed by atoms with Crippen molar-refractivity contribution in [2.45, 2.75) is 13.0 Å². The zero-order valence-corrected chi connectivity index (χ0v) is 13.9. The lowest BCUT2D eigenvalue weighted by atomic mass is 10.1. The van der Waals surface area contributed by atoms with Gasteiger partial charge in [-0.05, 0) is 30.7 Å². The number of nitrogens with zero attached hydrogens (tertiary/aromatic N) is 1. The number of halogens is 2. The van der Waals surface area contributed by atoms with Crippen LogP contribution in [0.15, 0.2) is 54.1 Å². The van der Waals surface area contributed by atoms with E-state index in [1.165, 1.54) is 6.08 Å². The van der Waals surface area contributed by atoms with Gasteiger partial charge in [-0.15, -0.1) is 0 Å². The van der Waals surface area contributed by atoms with Crippen molar-refractivity contribution >= 4 is 35.2 Å². The van der Waals surface area contributed by atoms with Gasteiger partial charge in [-0.2, -0.15) is 5.26 Å². The van der Waals surface area contributed by atoms with Gasteiger partial charge in [0.2, 0.25) is 0 Å². The molecule has 3 nitrogen and oxygen atoms in total. The Labute approximate surface area is 145 Å². The normalized spacial score (nSPS) is 12.3. The summed E-state index contributed by atoms with van der Waals surface area (Å²) in [4.78, 5) is 12.3. The molecule has 0 saturated heterocycles. The van der Waals surface area contributed by atoms with E-state index < -0.39 is 5.91 Å². The lowest BCUT2D eigenvalue weighted by Gasteiger charge is -2.14. The highest BCUT2D eigenvalue weighted by atomic mass is 35.5. The molecule has 0 radical (unpaired) electrons. The van der Waals surface area contributed by atoms with Crippen molar-refractivity contribution < 1.29 is 4.79 Å². The van der Waals surface area contributed by atoms with Crippen molar-refractivity contribution in [3.8, 4) is 6.07 Å². The monoisotopic (exact) mass is 344 g/mol. The molecule has 23 heavy (non-hydrogen) atoms. The fourth-order valence-corrected chi connectivity index (χ4v) is 2.55. The van der Waals surface area contributed by atoms with E-state index in [1.54, 1.807) is 18.2 Å². The number of rotatable bonds is 4. The number of nitriles is 1. The van der Waals surface area contributed by atoms with Gasteiger partial charge in [0.05, 0.1) is 6.04 Å². The van der Waals surface area contributed by atoms with Crippen molar-refractivity contribution in [1.82, 2.24) is 5.32 Å². The molecule has 5 heteroatoms. The van der Waals surface area contributed by atoms with Crippen LogP contribution in [-0.2, 0) is 4.79 Å². The van der Waals surface area contributed by atoms with E-state index >= 15 is 0 Å². The zero-order chi connectivity index (χ0) is 16.8. The first-order valence-corrected chi connectivity index (χ1v) is 7.70. The van der Waals surface area contributed by atoms with Gasteiger partial charge in [0.15, 0.2) is 0 Å². The van der Waals surface area contributed by atoms with Crippen LogP contribution >= 0.6 is 23.2 Å². The Bertz CT molecular complexity index is 759. The molecule has 1 atom stereocenters. The van der Waals surface area contributed by atoms with Crippen LogP contribution in [0, 0.1) is 11.3 Å². The van der Waals surface area contributed by atoms with E-state index in [0.717, 1.165) is 5.56 Å². The van der Waals surface area contributed by atoms with Gasteiger partial charge < -0.3 is 5.32 Å². The molecule has 116 valence electrons. The molecule has 0 unspecified atom stereocenters. The minimum atomic E-state index is -0.472. The second-order valence-corrected chi connectivity index (χ2v) is 5.73. The van der Waals surface area contributed by atoms with Crippen molar-refractivity contribution in [3.05, 3.63) is 75.3 Å². The standard InChI is InChI=1S/C18H14Cl2N2O/c1-12(13-6-3-2-4-7-13)22-18(23)14(11-21)10-15-16(19)8-5-9-17(15)20/h2-10,12H,1H3,(H,22,23)/b14-10+/t12-/m1/s1. The molecule has 0 bridgehead atoms. The molecule has 0 saturated carbocycles. The first-order chi connectivity index (χ1) is 11.0. The Hall–Kier alpha value is -2.28. The van der Waals surface area contributed by atoms with Gasteiger partial charge in [0, 0.05) is 15.6 Å². The summed E-state index contributed by atoms with van der Waals surface area (Å²) in [5.41, 5.74) is 1.35. The molecule has 0 heterocycles. The van der Waals surface area contributed by atoms with Crippen LogP contribution in [0.4, 0.5) is 0 Å². The van der Waals surface area contributed by atoms with E-state index in [0.29, 0.717) is 15.6 Å². The zero-order valence-electron chi connectivity index (χ0n) is 12.4. The van der Waals surface area contributed by atoms with Crippen LogP contribution in [0.2, 0.25) is 10.0 Å². The van der Waals surface area contributed by atoms with Gasteiger partial charge in [-0.25, -0.2) is 0 Å². The second-order valence-electron chi connectivity index (χ2n) is 4.91. The molecule has 1 amide bonds. The highest BCUT2D eigenvalue weighted by Crippen LogP contribution is 2.26. The van der Waals surface area contributed by atoms with Crippen LogP contribution in [0.25, 0.3) is 6.08 Å². The van der Waals surface area contributed by atoms with Gasteiger partial charge in [-0.1, -0.05) is 59.6 Å². The minimum absolute atomic E-state index is 0.0530. The summed E-state index contributed by atoms with van der Waals surface area (Å²) in [7, 11) is 0. The lowest BCUT2D eigenvalue weighted by molar-refractivity contribution is -0.117. The average molecular weight is 345 g/mol. The van der Waals surface area contributed by atoms with Crippen molar-refractivity contribution in [2.24, 2.45) is 0 Å². The maximum atomic E-state index is 12.3. The summed E-state index contributed by atoms with van der Waals surface area (Å²) in [5, 5.41) is 12.8. The Kier molecular flexibility index (Phi) is 5.81. The molecule has 0 aliphatic rings. The topological polar surface area (TPSA) is 52.9 Å². The molecule has 0 fully saturated rings. The fraction of sp³-hybridized carbons (Fsp3) is 0.111. The number of amides is 1. The first kappa shape index (κ1) is 17.1. The molecule has 0 aliphatic carbocycles. The van der Waals surface area contributed by atoms with E-state index in [1.807, 2.05) is 43.3 Å². The van der Waals surface area contributed by atoms with Crippen LogP contribution in [0.1, 0.15) is 24.1 Å². The molecule has 2 aromatic carbocycles. The SMILES string of the molecule is C[C@@H](NC(=O)/C(C#N)=C/c1c(Cl)cccc1Cl)c1ccccc1. The van der Waals surface area contributed by atoms with Crippen molar-refractivity contribution in [2.75, 3.05) is 0 Å². The molecule has 1 N–H and O–H groups in total. The number of carbonyl (C=O) groups excluding carboxylic acids is 1. The Balaban J connectivity index is 2.23. The Morgan fingerprint density at radius 3 is 2.30 bits per heavy atom. The smallest absolute Gasteiger partial charge is 0.262 e. The molecule has 0 aliphatic heterocycles. The molecule has 0 spiro atoms. The van der Waals surface area contributed by atoms with E-state index in [2.05, 4.69) is 5.32 Å². The second kappa shape index (κ2) is 7.82. The van der Waals surface area contributed by atoms with Crippen LogP contribution < -0.4 is 5.32 Å². The average Bonchev–Trinajstić information content (AvgIpc) is 2.55. The van der Waals surface area contributed by atoms with Crippen LogP contribution in [0.5, 0.6) is 0 Å². The highest BCUT2D eigenvalue weighted by molar-refractivity contribution is 6.37. The third-order valence-corrected chi connectivity index (χ3v) is 3.96. The predicted octanol–water partition coefficient (Wildman–Crippen LogP) is 4.78. The summed E-state index contributed by atoms with van der Waals surface area (Å²) in [6, 6.07) is 16.2. The number of hydrogen-bond donors (Lipinski definition) is 1. The predicted molar refractivity (Wildman–Crippen MR) is 93.1 cm³/mol. The summed E-state index contributed by atoms with van der Waals surface area (Å²) in [6.07, 6.45) is 1.40. The summed E-state index contributed by atoms with van der Waals surface area (Å²) in [5.74, 6) is -0.472. The maximum absolute atomic E-state index is 12.3. The highest BCUT2D eigenvalue weighted by Gasteiger charge is 2.15. The lowest BCUT2D eigenvalue weighted by Crippen LogP contribution is -2.27. The number of nitrogens with one attached hydrogen (secondary N) is 1. The van der Waals surface area contributed by atoms with Crippen molar-refractivity contribution in [1.29, 1.82) is 5.26 Å². The number of benzene rings is 2. The summed E-state index contributed by atoms with van der Waals surface area (Å²) in [6.45, 7) is 1.85. The van der Waals surface area contributed by atoms with E-state index in [4.69, 9.17) is 23.2 Å². The van der Waals surface area contributed by atoms with Gasteiger partial charge in [0.25, 0.3) is 5.91 Å². The summed E-state index contributed by atoms with van der Waals surface area (Å²) < 4.78 is 0. The number of hydrogen-bond acceptors (Lipinski definition) is 2. The molecular weight excluding hydrogens is 331 g/mol. The maximum Gasteiger partial charge on any atom is 0.262 e. The quantitative estimate of drug-likeness (QED) is 0.641. The first-order valence-electron chi connectivity index (χ1n) is 6.94.